The number of aliphatic hydroxyl groups excluding tert-OH is 2. The third-order valence-electron chi connectivity index (χ3n) is 5.68. The number of amides is 1. The molecule has 12 nitrogen and oxygen atoms in total. The molecule has 0 spiro atoms. The summed E-state index contributed by atoms with van der Waals surface area (Å²) in [5.74, 6) is -0.369. The average molecular weight is 531 g/mol. The highest BCUT2D eigenvalue weighted by Gasteiger charge is 2.52. The fourth-order valence-corrected chi connectivity index (χ4v) is 4.82. The molecule has 3 atom stereocenters. The number of anilines is 2. The van der Waals surface area contributed by atoms with Crippen molar-refractivity contribution >= 4 is 27.4 Å². The van der Waals surface area contributed by atoms with Crippen LogP contribution in [0.3, 0.4) is 0 Å². The number of carbonyl (C=O) groups is 1. The van der Waals surface area contributed by atoms with Gasteiger partial charge in [-0.1, -0.05) is 30.3 Å². The van der Waals surface area contributed by atoms with Crippen LogP contribution in [0.25, 0.3) is 0 Å². The molecule has 1 aliphatic rings. The Labute approximate surface area is 213 Å². The highest BCUT2D eigenvalue weighted by molar-refractivity contribution is 7.92. The zero-order valence-corrected chi connectivity index (χ0v) is 20.8. The van der Waals surface area contributed by atoms with Gasteiger partial charge in [0.1, 0.15) is 12.1 Å². The molecule has 1 aromatic heterocycles. The minimum Gasteiger partial charge on any atom is -0.481 e. The molecule has 1 saturated heterocycles. The summed E-state index contributed by atoms with van der Waals surface area (Å²) in [6, 6.07) is 15.1. The standard InChI is InChI=1S/C24H26N4O8S/c1-34-20-12-19(25-24(26-20)35-2)27-37(32,33)17-10-8-16(9-11-17)28-21(18(30)13-29)22(23(28)31)36-14-15-6-4-3-5-7-15/h3-12,18,21-22,29-30H,13-14H2,1-2H3,(H,25,26,27)/t18-,21-,22+/m1/s1. The monoisotopic (exact) mass is 530 g/mol. The zero-order valence-electron chi connectivity index (χ0n) is 20.0. The van der Waals surface area contributed by atoms with Crippen LogP contribution in [0.5, 0.6) is 11.9 Å². The Morgan fingerprint density at radius 2 is 1.76 bits per heavy atom. The van der Waals surface area contributed by atoms with Crippen LogP contribution in [-0.4, -0.2) is 73.6 Å². The first-order valence-corrected chi connectivity index (χ1v) is 12.6. The number of ether oxygens (including phenoxy) is 3. The average Bonchev–Trinajstić information content (AvgIpc) is 2.91. The first kappa shape index (κ1) is 26.3. The van der Waals surface area contributed by atoms with E-state index < -0.39 is 40.8 Å². The van der Waals surface area contributed by atoms with E-state index in [-0.39, 0.29) is 29.2 Å². The highest BCUT2D eigenvalue weighted by Crippen LogP contribution is 2.33. The van der Waals surface area contributed by atoms with E-state index in [9.17, 15) is 23.4 Å². The van der Waals surface area contributed by atoms with Crippen LogP contribution in [-0.2, 0) is 26.2 Å². The molecule has 1 aliphatic heterocycles. The number of nitrogens with zero attached hydrogens (tertiary/aromatic N) is 3. The number of sulfonamides is 1. The summed E-state index contributed by atoms with van der Waals surface area (Å²) < 4.78 is 43.8. The summed E-state index contributed by atoms with van der Waals surface area (Å²) in [6.07, 6.45) is -2.22. The predicted molar refractivity (Wildman–Crippen MR) is 132 cm³/mol. The van der Waals surface area contributed by atoms with Crippen molar-refractivity contribution in [2.24, 2.45) is 0 Å². The van der Waals surface area contributed by atoms with E-state index in [2.05, 4.69) is 14.7 Å². The molecule has 3 aromatic rings. The minimum atomic E-state index is -4.06. The van der Waals surface area contributed by atoms with E-state index in [0.717, 1.165) is 5.56 Å². The third-order valence-corrected chi connectivity index (χ3v) is 7.05. The Kier molecular flexibility index (Phi) is 7.88. The number of benzene rings is 2. The predicted octanol–water partition coefficient (Wildman–Crippen LogP) is 0.948. The second kappa shape index (κ2) is 11.1. The quantitative estimate of drug-likeness (QED) is 0.305. The summed E-state index contributed by atoms with van der Waals surface area (Å²) in [4.78, 5) is 21.9. The lowest BCUT2D eigenvalue weighted by molar-refractivity contribution is -0.149. The van der Waals surface area contributed by atoms with Crippen molar-refractivity contribution in [1.29, 1.82) is 0 Å². The Bertz CT molecular complexity index is 1320. The van der Waals surface area contributed by atoms with E-state index in [1.807, 2.05) is 30.3 Å². The van der Waals surface area contributed by atoms with Crippen molar-refractivity contribution in [2.45, 2.75) is 29.8 Å². The molecule has 0 aliphatic carbocycles. The fraction of sp³-hybridized carbons (Fsp3) is 0.292. The molecule has 2 aromatic carbocycles. The van der Waals surface area contributed by atoms with Gasteiger partial charge in [-0.3, -0.25) is 9.52 Å². The smallest absolute Gasteiger partial charge is 0.321 e. The molecule has 1 amide bonds. The largest absolute Gasteiger partial charge is 0.481 e. The van der Waals surface area contributed by atoms with Gasteiger partial charge in [-0.2, -0.15) is 9.97 Å². The maximum Gasteiger partial charge on any atom is 0.321 e. The molecule has 4 rings (SSSR count). The number of hydrogen-bond donors (Lipinski definition) is 3. The normalized spacial score (nSPS) is 18.2. The highest BCUT2D eigenvalue weighted by atomic mass is 32.2. The van der Waals surface area contributed by atoms with E-state index in [1.165, 1.54) is 49.5 Å². The van der Waals surface area contributed by atoms with Crippen molar-refractivity contribution in [3.8, 4) is 11.9 Å². The second-order valence-electron chi connectivity index (χ2n) is 8.05. The van der Waals surface area contributed by atoms with Crippen LogP contribution in [0.1, 0.15) is 5.56 Å². The van der Waals surface area contributed by atoms with Gasteiger partial charge < -0.3 is 29.3 Å². The maximum atomic E-state index is 12.9. The molecule has 1 fully saturated rings. The van der Waals surface area contributed by atoms with E-state index in [0.29, 0.717) is 5.69 Å². The van der Waals surface area contributed by atoms with Crippen LogP contribution >= 0.6 is 0 Å². The molecular formula is C24H26N4O8S. The molecular weight excluding hydrogens is 504 g/mol. The molecule has 3 N–H and O–H groups in total. The molecule has 2 heterocycles. The summed E-state index contributed by atoms with van der Waals surface area (Å²) >= 11 is 0. The van der Waals surface area contributed by atoms with Crippen molar-refractivity contribution < 1.29 is 37.6 Å². The Morgan fingerprint density at radius 3 is 2.38 bits per heavy atom. The number of β-lactam (4-membered cyclic amide) rings is 1. The van der Waals surface area contributed by atoms with Gasteiger partial charge in [-0.25, -0.2) is 8.42 Å². The number of aliphatic hydroxyl groups is 2. The molecule has 0 radical (unpaired) electrons. The molecule has 37 heavy (non-hydrogen) atoms. The minimum absolute atomic E-state index is 0.0600. The molecule has 13 heteroatoms. The van der Waals surface area contributed by atoms with Crippen molar-refractivity contribution in [3.05, 3.63) is 66.2 Å². The Morgan fingerprint density at radius 1 is 1.05 bits per heavy atom. The topological polar surface area (TPSA) is 160 Å². The van der Waals surface area contributed by atoms with Crippen LogP contribution in [0.15, 0.2) is 65.6 Å². The number of methoxy groups -OCH3 is 2. The first-order valence-electron chi connectivity index (χ1n) is 11.1. The number of aromatic nitrogens is 2. The lowest BCUT2D eigenvalue weighted by atomic mass is 9.91. The Hall–Kier alpha value is -3.78. The number of nitrogens with one attached hydrogen (secondary N) is 1. The molecule has 0 unspecified atom stereocenters. The van der Waals surface area contributed by atoms with Gasteiger partial charge in [-0.05, 0) is 29.8 Å². The van der Waals surface area contributed by atoms with Crippen molar-refractivity contribution in [1.82, 2.24) is 9.97 Å². The van der Waals surface area contributed by atoms with Gasteiger partial charge in [-0.15, -0.1) is 0 Å². The van der Waals surface area contributed by atoms with Crippen LogP contribution in [0.4, 0.5) is 11.5 Å². The van der Waals surface area contributed by atoms with Gasteiger partial charge in [0, 0.05) is 11.8 Å². The van der Waals surface area contributed by atoms with Crippen LogP contribution in [0, 0.1) is 0 Å². The van der Waals surface area contributed by atoms with Crippen molar-refractivity contribution in [2.75, 3.05) is 30.4 Å². The molecule has 196 valence electrons. The zero-order chi connectivity index (χ0) is 26.6. The lowest BCUT2D eigenvalue weighted by Gasteiger charge is -2.48. The maximum absolute atomic E-state index is 12.9. The number of hydrogen-bond acceptors (Lipinski definition) is 10. The van der Waals surface area contributed by atoms with Gasteiger partial charge in [0.25, 0.3) is 15.9 Å². The van der Waals surface area contributed by atoms with Gasteiger partial charge in [0.05, 0.1) is 32.3 Å². The third kappa shape index (κ3) is 5.64. The summed E-state index contributed by atoms with van der Waals surface area (Å²) in [5.41, 5.74) is 1.19. The van der Waals surface area contributed by atoms with Gasteiger partial charge >= 0.3 is 6.01 Å². The van der Waals surface area contributed by atoms with Crippen LogP contribution < -0.4 is 19.1 Å². The molecule has 0 bridgehead atoms. The first-order chi connectivity index (χ1) is 17.8. The number of carbonyl (C=O) groups excluding carboxylic acids is 1. The Balaban J connectivity index is 1.50. The SMILES string of the molecule is COc1cc(NS(=O)(=O)c2ccc(N3C(=O)[C@@H](OCc4ccccc4)[C@H]3[C@H](O)CO)cc2)nc(OC)n1. The second-order valence-corrected chi connectivity index (χ2v) is 9.73. The number of rotatable bonds is 11. The van der Waals surface area contributed by atoms with Gasteiger partial charge in [0.15, 0.2) is 11.9 Å². The summed E-state index contributed by atoms with van der Waals surface area (Å²) in [7, 11) is -1.36. The fourth-order valence-electron chi connectivity index (χ4n) is 3.83. The van der Waals surface area contributed by atoms with E-state index in [1.54, 1.807) is 0 Å². The van der Waals surface area contributed by atoms with E-state index >= 15 is 0 Å². The van der Waals surface area contributed by atoms with Crippen molar-refractivity contribution in [3.63, 3.8) is 0 Å². The van der Waals surface area contributed by atoms with Crippen LogP contribution in [0.2, 0.25) is 0 Å². The van der Waals surface area contributed by atoms with E-state index in [4.69, 9.17) is 14.2 Å². The summed E-state index contributed by atoms with van der Waals surface area (Å²) in [5, 5.41) is 19.9. The molecule has 0 saturated carbocycles. The van der Waals surface area contributed by atoms with Gasteiger partial charge in [0.2, 0.25) is 5.88 Å². The summed E-state index contributed by atoms with van der Waals surface area (Å²) in [6.45, 7) is -0.427. The lowest BCUT2D eigenvalue weighted by Crippen LogP contribution is -2.70.